The van der Waals surface area contributed by atoms with E-state index in [2.05, 4.69) is 10.0 Å². The van der Waals surface area contributed by atoms with Gasteiger partial charge in [0.2, 0.25) is 0 Å². The minimum Gasteiger partial charge on any atom is -0.494 e. The quantitative estimate of drug-likeness (QED) is 0.676. The van der Waals surface area contributed by atoms with E-state index in [1.54, 1.807) is 0 Å². The molecule has 21 heavy (non-hydrogen) atoms. The van der Waals surface area contributed by atoms with Crippen molar-refractivity contribution < 1.29 is 17.5 Å². The monoisotopic (exact) mass is 319 g/mol. The lowest BCUT2D eigenvalue weighted by molar-refractivity contribution is 0.413. The Balaban J connectivity index is 2.71. The molecular weight excluding hydrogens is 297 g/mol. The van der Waals surface area contributed by atoms with Crippen molar-refractivity contribution in [3.05, 3.63) is 24.0 Å². The Hall–Kier alpha value is -1.38. The number of rotatable bonds is 9. The van der Waals surface area contributed by atoms with Gasteiger partial charge in [-0.25, -0.2) is 4.39 Å². The van der Waals surface area contributed by atoms with Crippen LogP contribution in [0.15, 0.2) is 18.2 Å². The van der Waals surface area contributed by atoms with E-state index in [9.17, 15) is 12.8 Å². The summed E-state index contributed by atoms with van der Waals surface area (Å²) in [7, 11) is -0.849. The van der Waals surface area contributed by atoms with Gasteiger partial charge in [-0.15, -0.1) is 0 Å². The molecule has 0 radical (unpaired) electrons. The van der Waals surface area contributed by atoms with Crippen molar-refractivity contribution in [2.45, 2.75) is 13.3 Å². The summed E-state index contributed by atoms with van der Waals surface area (Å²) in [5, 5.41) is 3.13. The number of anilines is 1. The van der Waals surface area contributed by atoms with Gasteiger partial charge in [-0.1, -0.05) is 6.92 Å². The van der Waals surface area contributed by atoms with Crippen LogP contribution in [0.25, 0.3) is 0 Å². The molecule has 0 atom stereocenters. The highest BCUT2D eigenvalue weighted by molar-refractivity contribution is 7.90. The average Bonchev–Trinajstić information content (AvgIpc) is 2.45. The molecule has 0 saturated heterocycles. The van der Waals surface area contributed by atoms with E-state index in [-0.39, 0.29) is 11.4 Å². The average molecular weight is 319 g/mol. The minimum absolute atomic E-state index is 0.139. The third-order valence-electron chi connectivity index (χ3n) is 2.89. The van der Waals surface area contributed by atoms with E-state index in [1.165, 1.54) is 30.6 Å². The second-order valence-corrected chi connectivity index (χ2v) is 6.26. The topological polar surface area (TPSA) is 70.7 Å². The van der Waals surface area contributed by atoms with E-state index in [0.717, 1.165) is 19.2 Å². The van der Waals surface area contributed by atoms with Gasteiger partial charge in [-0.2, -0.15) is 12.7 Å². The van der Waals surface area contributed by atoms with Crippen LogP contribution in [0.2, 0.25) is 0 Å². The number of hydrogen-bond donors (Lipinski definition) is 2. The fraction of sp³-hybridized carbons (Fsp3) is 0.538. The molecule has 2 N–H and O–H groups in total. The molecule has 0 fully saturated rings. The van der Waals surface area contributed by atoms with Crippen molar-refractivity contribution in [2.75, 3.05) is 38.5 Å². The Bertz CT molecular complexity index is 552. The van der Waals surface area contributed by atoms with Gasteiger partial charge in [0.05, 0.1) is 12.8 Å². The summed E-state index contributed by atoms with van der Waals surface area (Å²) < 4.78 is 46.0. The van der Waals surface area contributed by atoms with Gasteiger partial charge in [0.1, 0.15) is 11.6 Å². The number of hydrogen-bond acceptors (Lipinski definition) is 4. The van der Waals surface area contributed by atoms with E-state index in [0.29, 0.717) is 13.0 Å². The zero-order valence-corrected chi connectivity index (χ0v) is 13.3. The maximum absolute atomic E-state index is 13.1. The lowest BCUT2D eigenvalue weighted by Gasteiger charge is -2.19. The molecule has 6 nitrogen and oxygen atoms in total. The first kappa shape index (κ1) is 17.7. The summed E-state index contributed by atoms with van der Waals surface area (Å²) >= 11 is 0. The first-order valence-electron chi connectivity index (χ1n) is 6.69. The summed E-state index contributed by atoms with van der Waals surface area (Å²) in [6, 6.07) is 3.63. The Labute approximate surface area is 125 Å². The second-order valence-electron chi connectivity index (χ2n) is 4.48. The molecule has 1 aromatic rings. The molecule has 0 aliphatic heterocycles. The van der Waals surface area contributed by atoms with Crippen LogP contribution < -0.4 is 14.8 Å². The fourth-order valence-corrected chi connectivity index (χ4v) is 2.66. The predicted molar refractivity (Wildman–Crippen MR) is 81.3 cm³/mol. The molecule has 0 aromatic heterocycles. The number of methoxy groups -OCH3 is 1. The third kappa shape index (κ3) is 5.49. The number of benzene rings is 1. The van der Waals surface area contributed by atoms with Crippen LogP contribution in [-0.2, 0) is 10.2 Å². The predicted octanol–water partition coefficient (Wildman–Crippen LogP) is 1.42. The molecular formula is C13H22FN3O3S. The van der Waals surface area contributed by atoms with Crippen molar-refractivity contribution in [1.29, 1.82) is 0 Å². The minimum atomic E-state index is -3.69. The van der Waals surface area contributed by atoms with Gasteiger partial charge in [-0.05, 0) is 31.6 Å². The fourth-order valence-electron chi connectivity index (χ4n) is 1.69. The van der Waals surface area contributed by atoms with Crippen LogP contribution in [0, 0.1) is 5.82 Å². The Morgan fingerprint density at radius 3 is 2.71 bits per heavy atom. The first-order chi connectivity index (χ1) is 9.90. The van der Waals surface area contributed by atoms with Crippen LogP contribution in [0.1, 0.15) is 13.3 Å². The third-order valence-corrected chi connectivity index (χ3v) is 4.37. The second kappa shape index (κ2) is 8.16. The molecule has 0 saturated carbocycles. The maximum Gasteiger partial charge on any atom is 0.301 e. The van der Waals surface area contributed by atoms with Crippen molar-refractivity contribution in [2.24, 2.45) is 0 Å². The molecule has 0 amide bonds. The Morgan fingerprint density at radius 1 is 1.38 bits per heavy atom. The van der Waals surface area contributed by atoms with E-state index >= 15 is 0 Å². The SMILES string of the molecule is CCNCCCN(C)S(=O)(=O)Nc1ccc(F)cc1OC. The lowest BCUT2D eigenvalue weighted by Crippen LogP contribution is -2.34. The smallest absolute Gasteiger partial charge is 0.301 e. The summed E-state index contributed by atoms with van der Waals surface area (Å²) in [4.78, 5) is 0. The highest BCUT2D eigenvalue weighted by Gasteiger charge is 2.19. The number of halogens is 1. The molecule has 0 spiro atoms. The van der Waals surface area contributed by atoms with Gasteiger partial charge in [-0.3, -0.25) is 4.72 Å². The van der Waals surface area contributed by atoms with Crippen LogP contribution >= 0.6 is 0 Å². The largest absolute Gasteiger partial charge is 0.494 e. The molecule has 0 bridgehead atoms. The molecule has 0 aliphatic rings. The zero-order valence-electron chi connectivity index (χ0n) is 12.5. The van der Waals surface area contributed by atoms with Crippen LogP contribution in [0.3, 0.4) is 0 Å². The number of nitrogens with zero attached hydrogens (tertiary/aromatic N) is 1. The molecule has 0 heterocycles. The number of ether oxygens (including phenoxy) is 1. The van der Waals surface area contributed by atoms with E-state index in [1.807, 2.05) is 6.92 Å². The van der Waals surface area contributed by atoms with Gasteiger partial charge < -0.3 is 10.1 Å². The Morgan fingerprint density at radius 2 is 2.10 bits per heavy atom. The molecule has 0 unspecified atom stereocenters. The van der Waals surface area contributed by atoms with Gasteiger partial charge in [0.25, 0.3) is 0 Å². The van der Waals surface area contributed by atoms with Crippen LogP contribution in [0.4, 0.5) is 10.1 Å². The standard InChI is InChI=1S/C13H22FN3O3S/c1-4-15-8-5-9-17(2)21(18,19)16-12-7-6-11(14)10-13(12)20-3/h6-7,10,15-16H,4-5,8-9H2,1-3H3. The number of nitrogens with one attached hydrogen (secondary N) is 2. The Kier molecular flexibility index (Phi) is 6.86. The first-order valence-corrected chi connectivity index (χ1v) is 8.13. The zero-order chi connectivity index (χ0) is 15.9. The van der Waals surface area contributed by atoms with Gasteiger partial charge >= 0.3 is 10.2 Å². The molecule has 8 heteroatoms. The molecule has 1 rings (SSSR count). The van der Waals surface area contributed by atoms with Crippen molar-refractivity contribution in [3.63, 3.8) is 0 Å². The van der Waals surface area contributed by atoms with Crippen molar-refractivity contribution in [3.8, 4) is 5.75 Å². The van der Waals surface area contributed by atoms with Crippen LogP contribution in [-0.4, -0.2) is 46.5 Å². The highest BCUT2D eigenvalue weighted by Crippen LogP contribution is 2.26. The van der Waals surface area contributed by atoms with E-state index < -0.39 is 16.0 Å². The van der Waals surface area contributed by atoms with Gasteiger partial charge in [0, 0.05) is 19.7 Å². The molecule has 120 valence electrons. The maximum atomic E-state index is 13.1. The summed E-state index contributed by atoms with van der Waals surface area (Å²) in [6.07, 6.45) is 0.700. The van der Waals surface area contributed by atoms with Gasteiger partial charge in [0.15, 0.2) is 0 Å². The normalized spacial score (nSPS) is 11.7. The van der Waals surface area contributed by atoms with Crippen molar-refractivity contribution >= 4 is 15.9 Å². The highest BCUT2D eigenvalue weighted by atomic mass is 32.2. The summed E-state index contributed by atoms with van der Waals surface area (Å²) in [6.45, 7) is 3.96. The molecule has 0 aliphatic carbocycles. The summed E-state index contributed by atoms with van der Waals surface area (Å²) in [5.41, 5.74) is 0.206. The van der Waals surface area contributed by atoms with Crippen molar-refractivity contribution in [1.82, 2.24) is 9.62 Å². The summed E-state index contributed by atoms with van der Waals surface area (Å²) in [5.74, 6) is -0.353. The van der Waals surface area contributed by atoms with Crippen LogP contribution in [0.5, 0.6) is 5.75 Å². The molecule has 1 aromatic carbocycles. The lowest BCUT2D eigenvalue weighted by atomic mass is 10.3. The van der Waals surface area contributed by atoms with E-state index in [4.69, 9.17) is 4.74 Å².